The standard InChI is InChI=1S/C23H25N3O/c1-5-22-19-8-6-14(2)12-17(19)10-11-26(22)23(27)18-7-9-20-21(13-18)25-16(4)15(3)24-20/h6-9,12-13,22H,5,10-11H2,1-4H3. The molecule has 1 aliphatic rings. The van der Waals surface area contributed by atoms with Crippen molar-refractivity contribution in [2.45, 2.75) is 46.6 Å². The third-order valence-electron chi connectivity index (χ3n) is 5.63. The lowest BCUT2D eigenvalue weighted by Crippen LogP contribution is -2.39. The van der Waals surface area contributed by atoms with E-state index in [1.54, 1.807) is 0 Å². The molecule has 1 unspecified atom stereocenters. The van der Waals surface area contributed by atoms with Crippen LogP contribution in [0.4, 0.5) is 0 Å². The maximum absolute atomic E-state index is 13.3. The number of aryl methyl sites for hydroxylation is 3. The van der Waals surface area contributed by atoms with Crippen LogP contribution in [0.25, 0.3) is 11.0 Å². The Hall–Kier alpha value is -2.75. The third-order valence-corrected chi connectivity index (χ3v) is 5.63. The maximum Gasteiger partial charge on any atom is 0.254 e. The minimum absolute atomic E-state index is 0.0787. The van der Waals surface area contributed by atoms with Crippen molar-refractivity contribution < 1.29 is 4.79 Å². The van der Waals surface area contributed by atoms with E-state index in [4.69, 9.17) is 0 Å². The lowest BCUT2D eigenvalue weighted by atomic mass is 9.89. The predicted molar refractivity (Wildman–Crippen MR) is 108 cm³/mol. The Bertz CT molecular complexity index is 1040. The normalized spacial score (nSPS) is 16.4. The van der Waals surface area contributed by atoms with Crippen molar-refractivity contribution in [3.05, 3.63) is 70.0 Å². The van der Waals surface area contributed by atoms with E-state index in [1.165, 1.54) is 16.7 Å². The van der Waals surface area contributed by atoms with Gasteiger partial charge in [0.25, 0.3) is 5.91 Å². The predicted octanol–water partition coefficient (Wildman–Crippen LogP) is 4.70. The molecule has 4 rings (SSSR count). The molecule has 0 radical (unpaired) electrons. The summed E-state index contributed by atoms with van der Waals surface area (Å²) in [5, 5.41) is 0. The van der Waals surface area contributed by atoms with Gasteiger partial charge in [-0.2, -0.15) is 0 Å². The van der Waals surface area contributed by atoms with Crippen molar-refractivity contribution in [2.75, 3.05) is 6.54 Å². The van der Waals surface area contributed by atoms with Crippen LogP contribution in [0.1, 0.15) is 57.8 Å². The molecule has 1 aromatic heterocycles. The molecule has 4 nitrogen and oxygen atoms in total. The lowest BCUT2D eigenvalue weighted by molar-refractivity contribution is 0.0655. The number of nitrogens with zero attached hydrogens (tertiary/aromatic N) is 3. The van der Waals surface area contributed by atoms with Gasteiger partial charge in [0, 0.05) is 12.1 Å². The number of carbonyl (C=O) groups is 1. The van der Waals surface area contributed by atoms with Crippen molar-refractivity contribution >= 4 is 16.9 Å². The molecule has 0 saturated heterocycles. The van der Waals surface area contributed by atoms with E-state index in [1.807, 2.05) is 36.9 Å². The molecule has 0 bridgehead atoms. The van der Waals surface area contributed by atoms with Gasteiger partial charge in [-0.25, -0.2) is 9.97 Å². The number of rotatable bonds is 2. The SMILES string of the molecule is CCC1c2ccc(C)cc2CCN1C(=O)c1ccc2nc(C)c(C)nc2c1. The van der Waals surface area contributed by atoms with E-state index in [0.29, 0.717) is 5.56 Å². The van der Waals surface area contributed by atoms with Crippen LogP contribution < -0.4 is 0 Å². The van der Waals surface area contributed by atoms with Gasteiger partial charge in [0.1, 0.15) is 0 Å². The Morgan fingerprint density at radius 2 is 1.78 bits per heavy atom. The summed E-state index contributed by atoms with van der Waals surface area (Å²) in [6, 6.07) is 12.4. The minimum Gasteiger partial charge on any atom is -0.331 e. The molecular formula is C23H25N3O. The average Bonchev–Trinajstić information content (AvgIpc) is 2.66. The number of hydrogen-bond acceptors (Lipinski definition) is 3. The number of fused-ring (bicyclic) bond motifs is 2. The van der Waals surface area contributed by atoms with E-state index in [-0.39, 0.29) is 11.9 Å². The van der Waals surface area contributed by atoms with E-state index >= 15 is 0 Å². The van der Waals surface area contributed by atoms with E-state index in [2.05, 4.69) is 42.0 Å². The lowest BCUT2D eigenvalue weighted by Gasteiger charge is -2.37. The average molecular weight is 359 g/mol. The van der Waals surface area contributed by atoms with Gasteiger partial charge >= 0.3 is 0 Å². The first-order valence-corrected chi connectivity index (χ1v) is 9.63. The second-order valence-corrected chi connectivity index (χ2v) is 7.47. The molecule has 1 aliphatic heterocycles. The van der Waals surface area contributed by atoms with Crippen LogP contribution in [0, 0.1) is 20.8 Å². The van der Waals surface area contributed by atoms with Crippen LogP contribution in [-0.2, 0) is 6.42 Å². The van der Waals surface area contributed by atoms with Gasteiger partial charge in [0.05, 0.1) is 28.5 Å². The molecule has 4 heteroatoms. The molecule has 0 fully saturated rings. The molecule has 0 aliphatic carbocycles. The van der Waals surface area contributed by atoms with Gasteiger partial charge < -0.3 is 4.90 Å². The van der Waals surface area contributed by atoms with E-state index in [0.717, 1.165) is 41.8 Å². The fourth-order valence-electron chi connectivity index (χ4n) is 4.05. The zero-order valence-electron chi connectivity index (χ0n) is 16.4. The molecule has 3 aromatic rings. The van der Waals surface area contributed by atoms with Crippen molar-refractivity contribution in [1.29, 1.82) is 0 Å². The van der Waals surface area contributed by atoms with Crippen LogP contribution in [0.2, 0.25) is 0 Å². The van der Waals surface area contributed by atoms with Crippen LogP contribution in [0.3, 0.4) is 0 Å². The van der Waals surface area contributed by atoms with Crippen molar-refractivity contribution in [3.63, 3.8) is 0 Å². The van der Waals surface area contributed by atoms with Gasteiger partial charge in [-0.1, -0.05) is 30.7 Å². The van der Waals surface area contributed by atoms with Crippen molar-refractivity contribution in [2.24, 2.45) is 0 Å². The summed E-state index contributed by atoms with van der Waals surface area (Å²) < 4.78 is 0. The summed E-state index contributed by atoms with van der Waals surface area (Å²) in [6.45, 7) is 8.94. The van der Waals surface area contributed by atoms with Crippen molar-refractivity contribution in [1.82, 2.24) is 14.9 Å². The Morgan fingerprint density at radius 3 is 2.52 bits per heavy atom. The Morgan fingerprint density at radius 1 is 1.04 bits per heavy atom. The first-order valence-electron chi connectivity index (χ1n) is 9.63. The van der Waals surface area contributed by atoms with Crippen LogP contribution in [0.5, 0.6) is 0 Å². The second kappa shape index (κ2) is 6.76. The Balaban J connectivity index is 1.70. The fraction of sp³-hybridized carbons (Fsp3) is 0.348. The highest BCUT2D eigenvalue weighted by Gasteiger charge is 2.30. The number of carbonyl (C=O) groups excluding carboxylic acids is 1. The van der Waals surface area contributed by atoms with Crippen LogP contribution >= 0.6 is 0 Å². The van der Waals surface area contributed by atoms with Gasteiger partial charge in [-0.15, -0.1) is 0 Å². The highest BCUT2D eigenvalue weighted by molar-refractivity contribution is 5.97. The number of hydrogen-bond donors (Lipinski definition) is 0. The van der Waals surface area contributed by atoms with Crippen molar-refractivity contribution in [3.8, 4) is 0 Å². The zero-order valence-corrected chi connectivity index (χ0v) is 16.4. The molecule has 1 atom stereocenters. The summed E-state index contributed by atoms with van der Waals surface area (Å²) in [5.41, 5.74) is 8.08. The maximum atomic E-state index is 13.3. The number of aromatic nitrogens is 2. The molecule has 1 amide bonds. The number of benzene rings is 2. The van der Waals surface area contributed by atoms with Gasteiger partial charge in [0.15, 0.2) is 0 Å². The highest BCUT2D eigenvalue weighted by atomic mass is 16.2. The molecule has 27 heavy (non-hydrogen) atoms. The summed E-state index contributed by atoms with van der Waals surface area (Å²) in [5.74, 6) is 0.0787. The van der Waals surface area contributed by atoms with Gasteiger partial charge in [0.2, 0.25) is 0 Å². The van der Waals surface area contributed by atoms with E-state index < -0.39 is 0 Å². The second-order valence-electron chi connectivity index (χ2n) is 7.47. The molecule has 2 aromatic carbocycles. The Labute approximate surface area is 160 Å². The Kier molecular flexibility index (Phi) is 4.42. The van der Waals surface area contributed by atoms with Gasteiger partial charge in [-0.05, 0) is 62.9 Å². The third kappa shape index (κ3) is 3.09. The molecule has 0 spiro atoms. The van der Waals surface area contributed by atoms with Crippen LogP contribution in [0.15, 0.2) is 36.4 Å². The summed E-state index contributed by atoms with van der Waals surface area (Å²) in [7, 11) is 0. The first-order chi connectivity index (χ1) is 13.0. The fourth-order valence-corrected chi connectivity index (χ4v) is 4.05. The summed E-state index contributed by atoms with van der Waals surface area (Å²) in [6.07, 6.45) is 1.82. The summed E-state index contributed by atoms with van der Waals surface area (Å²) in [4.78, 5) is 24.5. The van der Waals surface area contributed by atoms with E-state index in [9.17, 15) is 4.79 Å². The molecular weight excluding hydrogens is 334 g/mol. The molecule has 138 valence electrons. The quantitative estimate of drug-likeness (QED) is 0.666. The largest absolute Gasteiger partial charge is 0.331 e. The van der Waals surface area contributed by atoms with Crippen LogP contribution in [-0.4, -0.2) is 27.3 Å². The smallest absolute Gasteiger partial charge is 0.254 e. The first kappa shape index (κ1) is 17.7. The zero-order chi connectivity index (χ0) is 19.1. The molecule has 0 N–H and O–H groups in total. The molecule has 0 saturated carbocycles. The highest BCUT2D eigenvalue weighted by Crippen LogP contribution is 2.34. The number of amides is 1. The topological polar surface area (TPSA) is 46.1 Å². The monoisotopic (exact) mass is 359 g/mol. The molecule has 2 heterocycles. The minimum atomic E-state index is 0.0787. The van der Waals surface area contributed by atoms with Gasteiger partial charge in [-0.3, -0.25) is 4.79 Å². The summed E-state index contributed by atoms with van der Waals surface area (Å²) >= 11 is 0.